The van der Waals surface area contributed by atoms with Gasteiger partial charge >= 0.3 is 0 Å². The summed E-state index contributed by atoms with van der Waals surface area (Å²) in [5.74, 6) is 0.991. The van der Waals surface area contributed by atoms with Crippen LogP contribution in [0, 0.1) is 0 Å². The average molecular weight is 442 g/mol. The Bertz CT molecular complexity index is 511. The normalized spacial score (nSPS) is 19.9. The number of amides is 1. The van der Waals surface area contributed by atoms with Gasteiger partial charge in [-0.15, -0.1) is 37.2 Å². The molecule has 1 unspecified atom stereocenters. The molecule has 0 aromatic carbocycles. The molecular formula is C17H31Cl3N6O. The van der Waals surface area contributed by atoms with E-state index >= 15 is 0 Å². The second kappa shape index (κ2) is 14.2. The Balaban J connectivity index is 0.00000225. The lowest BCUT2D eigenvalue weighted by Crippen LogP contribution is -2.48. The van der Waals surface area contributed by atoms with Crippen molar-refractivity contribution < 1.29 is 4.79 Å². The molecule has 2 saturated heterocycles. The van der Waals surface area contributed by atoms with Crippen LogP contribution in [0.5, 0.6) is 0 Å². The second-order valence-electron chi connectivity index (χ2n) is 6.52. The van der Waals surface area contributed by atoms with Crippen LogP contribution in [0.15, 0.2) is 18.5 Å². The summed E-state index contributed by atoms with van der Waals surface area (Å²) in [5, 5.41) is 6.36. The number of aromatic nitrogens is 2. The van der Waals surface area contributed by atoms with Gasteiger partial charge in [0.05, 0.1) is 6.04 Å². The maximum Gasteiger partial charge on any atom is 0.237 e. The highest BCUT2D eigenvalue weighted by Crippen LogP contribution is 2.10. The van der Waals surface area contributed by atoms with Crippen LogP contribution in [0.3, 0.4) is 0 Å². The molecule has 0 bridgehead atoms. The van der Waals surface area contributed by atoms with E-state index in [4.69, 9.17) is 0 Å². The van der Waals surface area contributed by atoms with E-state index in [0.717, 1.165) is 71.0 Å². The highest BCUT2D eigenvalue weighted by atomic mass is 35.5. The molecule has 2 aliphatic heterocycles. The first-order valence-corrected chi connectivity index (χ1v) is 9.08. The van der Waals surface area contributed by atoms with Gasteiger partial charge in [0.2, 0.25) is 11.9 Å². The molecule has 2 aliphatic rings. The fourth-order valence-corrected chi connectivity index (χ4v) is 3.34. The molecule has 156 valence electrons. The predicted octanol–water partition coefficient (Wildman–Crippen LogP) is 1.51. The number of hydrogen-bond acceptors (Lipinski definition) is 6. The summed E-state index contributed by atoms with van der Waals surface area (Å²) in [6, 6.07) is 1.87. The zero-order valence-electron chi connectivity index (χ0n) is 15.5. The maximum absolute atomic E-state index is 12.0. The summed E-state index contributed by atoms with van der Waals surface area (Å²) >= 11 is 0. The third kappa shape index (κ3) is 8.35. The van der Waals surface area contributed by atoms with Gasteiger partial charge in [0.1, 0.15) is 0 Å². The van der Waals surface area contributed by atoms with E-state index in [0.29, 0.717) is 0 Å². The minimum absolute atomic E-state index is 0. The number of carbonyl (C=O) groups is 1. The lowest BCUT2D eigenvalue weighted by atomic mass is 10.0. The quantitative estimate of drug-likeness (QED) is 0.652. The van der Waals surface area contributed by atoms with Crippen molar-refractivity contribution in [1.82, 2.24) is 25.5 Å². The zero-order valence-corrected chi connectivity index (χ0v) is 18.0. The van der Waals surface area contributed by atoms with Crippen molar-refractivity contribution in [3.05, 3.63) is 18.5 Å². The first-order valence-electron chi connectivity index (χ1n) is 9.08. The van der Waals surface area contributed by atoms with Gasteiger partial charge in [-0.05, 0) is 38.4 Å². The molecule has 10 heteroatoms. The van der Waals surface area contributed by atoms with E-state index in [-0.39, 0.29) is 49.2 Å². The third-order valence-corrected chi connectivity index (χ3v) is 4.78. The van der Waals surface area contributed by atoms with Crippen molar-refractivity contribution >= 4 is 49.1 Å². The first kappa shape index (κ1) is 26.1. The molecule has 1 amide bonds. The van der Waals surface area contributed by atoms with Crippen molar-refractivity contribution in [3.8, 4) is 0 Å². The van der Waals surface area contributed by atoms with Crippen LogP contribution in [0.4, 0.5) is 5.95 Å². The molecule has 2 fully saturated rings. The van der Waals surface area contributed by atoms with E-state index in [9.17, 15) is 4.79 Å². The summed E-state index contributed by atoms with van der Waals surface area (Å²) < 4.78 is 0. The molecule has 7 nitrogen and oxygen atoms in total. The first-order chi connectivity index (χ1) is 11.8. The van der Waals surface area contributed by atoms with E-state index in [1.165, 1.54) is 6.42 Å². The highest BCUT2D eigenvalue weighted by Gasteiger charge is 2.20. The number of halogens is 3. The minimum atomic E-state index is 0. The Hall–Kier alpha value is -0.860. The monoisotopic (exact) mass is 440 g/mol. The van der Waals surface area contributed by atoms with Gasteiger partial charge in [-0.3, -0.25) is 9.69 Å². The summed E-state index contributed by atoms with van der Waals surface area (Å²) in [6.07, 6.45) is 7.89. The van der Waals surface area contributed by atoms with Crippen LogP contribution in [0.1, 0.15) is 25.7 Å². The molecule has 0 radical (unpaired) electrons. The number of anilines is 1. The Labute approximate surface area is 180 Å². The van der Waals surface area contributed by atoms with Gasteiger partial charge in [0.25, 0.3) is 0 Å². The molecule has 27 heavy (non-hydrogen) atoms. The third-order valence-electron chi connectivity index (χ3n) is 4.78. The molecular weight excluding hydrogens is 411 g/mol. The van der Waals surface area contributed by atoms with Crippen LogP contribution in [0.2, 0.25) is 0 Å². The van der Waals surface area contributed by atoms with Crippen molar-refractivity contribution in [2.45, 2.75) is 31.7 Å². The van der Waals surface area contributed by atoms with Gasteiger partial charge in [0.15, 0.2) is 0 Å². The van der Waals surface area contributed by atoms with Crippen LogP contribution in [-0.2, 0) is 4.79 Å². The standard InChI is InChI=1S/C17H28N6O.3ClH/c24-16(15-5-1-2-6-18-15)19-9-4-10-22-11-13-23(14-12-22)17-20-7-3-8-21-17;;;/h3,7-8,15,18H,1-2,4-6,9-14H2,(H,19,24);3*1H. The van der Waals surface area contributed by atoms with E-state index in [1.807, 2.05) is 6.07 Å². The Morgan fingerprint density at radius 1 is 1.11 bits per heavy atom. The van der Waals surface area contributed by atoms with E-state index < -0.39 is 0 Å². The Kier molecular flexibility index (Phi) is 13.7. The average Bonchev–Trinajstić information content (AvgIpc) is 2.67. The summed E-state index contributed by atoms with van der Waals surface area (Å²) in [6.45, 7) is 6.73. The van der Waals surface area contributed by atoms with Gasteiger partial charge in [0, 0.05) is 45.1 Å². The van der Waals surface area contributed by atoms with E-state index in [2.05, 4.69) is 30.4 Å². The highest BCUT2D eigenvalue weighted by molar-refractivity contribution is 5.86. The molecule has 1 aromatic heterocycles. The van der Waals surface area contributed by atoms with Crippen LogP contribution >= 0.6 is 37.2 Å². The molecule has 0 saturated carbocycles. The summed E-state index contributed by atoms with van der Waals surface area (Å²) in [7, 11) is 0. The summed E-state index contributed by atoms with van der Waals surface area (Å²) in [4.78, 5) is 25.3. The molecule has 1 atom stereocenters. The van der Waals surface area contributed by atoms with Crippen LogP contribution < -0.4 is 15.5 Å². The van der Waals surface area contributed by atoms with Crippen molar-refractivity contribution in [3.63, 3.8) is 0 Å². The fraction of sp³-hybridized carbons (Fsp3) is 0.706. The summed E-state index contributed by atoms with van der Waals surface area (Å²) in [5.41, 5.74) is 0. The molecule has 0 spiro atoms. The van der Waals surface area contributed by atoms with Crippen molar-refractivity contribution in [1.29, 1.82) is 0 Å². The number of nitrogens with zero attached hydrogens (tertiary/aromatic N) is 4. The lowest BCUT2D eigenvalue weighted by molar-refractivity contribution is -0.123. The van der Waals surface area contributed by atoms with Crippen molar-refractivity contribution in [2.24, 2.45) is 0 Å². The number of piperazine rings is 1. The number of rotatable bonds is 6. The van der Waals surface area contributed by atoms with Gasteiger partial charge in [-0.2, -0.15) is 0 Å². The van der Waals surface area contributed by atoms with Gasteiger partial charge in [-0.25, -0.2) is 9.97 Å². The van der Waals surface area contributed by atoms with Gasteiger partial charge < -0.3 is 15.5 Å². The largest absolute Gasteiger partial charge is 0.355 e. The second-order valence-corrected chi connectivity index (χ2v) is 6.52. The minimum Gasteiger partial charge on any atom is -0.355 e. The molecule has 0 aliphatic carbocycles. The van der Waals surface area contributed by atoms with Crippen LogP contribution in [0.25, 0.3) is 0 Å². The van der Waals surface area contributed by atoms with Gasteiger partial charge in [-0.1, -0.05) is 6.42 Å². The number of carbonyl (C=O) groups excluding carboxylic acids is 1. The number of hydrogen-bond donors (Lipinski definition) is 2. The number of nitrogens with one attached hydrogen (secondary N) is 2. The molecule has 2 N–H and O–H groups in total. The molecule has 1 aromatic rings. The topological polar surface area (TPSA) is 73.4 Å². The maximum atomic E-state index is 12.0. The molecule has 3 rings (SSSR count). The predicted molar refractivity (Wildman–Crippen MR) is 116 cm³/mol. The van der Waals surface area contributed by atoms with Crippen molar-refractivity contribution in [2.75, 3.05) is 50.7 Å². The Morgan fingerprint density at radius 2 is 1.81 bits per heavy atom. The zero-order chi connectivity index (χ0) is 16.6. The van der Waals surface area contributed by atoms with Crippen LogP contribution in [-0.4, -0.2) is 72.6 Å². The Morgan fingerprint density at radius 3 is 2.44 bits per heavy atom. The SMILES string of the molecule is Cl.Cl.Cl.O=C(NCCCN1CCN(c2ncccn2)CC1)C1CCCCN1. The lowest BCUT2D eigenvalue weighted by Gasteiger charge is -2.34. The smallest absolute Gasteiger partial charge is 0.237 e. The number of piperidine rings is 1. The molecule has 3 heterocycles. The fourth-order valence-electron chi connectivity index (χ4n) is 3.34. The van der Waals surface area contributed by atoms with E-state index in [1.54, 1.807) is 12.4 Å².